The lowest BCUT2D eigenvalue weighted by Crippen LogP contribution is -2.22. The van der Waals surface area contributed by atoms with Gasteiger partial charge < -0.3 is 25.3 Å². The molecule has 0 aliphatic carbocycles. The van der Waals surface area contributed by atoms with Gasteiger partial charge in [0.05, 0.1) is 27.9 Å². The van der Waals surface area contributed by atoms with Gasteiger partial charge in [-0.25, -0.2) is 4.99 Å². The van der Waals surface area contributed by atoms with Crippen LogP contribution in [0, 0.1) is 0 Å². The Morgan fingerprint density at radius 1 is 1.04 bits per heavy atom. The van der Waals surface area contributed by atoms with Gasteiger partial charge in [0.2, 0.25) is 0 Å². The minimum atomic E-state index is 0.308. The van der Waals surface area contributed by atoms with Crippen molar-refractivity contribution in [3.05, 3.63) is 48.0 Å². The lowest BCUT2D eigenvalue weighted by Gasteiger charge is -2.11. The minimum absolute atomic E-state index is 0.308. The van der Waals surface area contributed by atoms with Crippen molar-refractivity contribution in [1.29, 1.82) is 0 Å². The van der Waals surface area contributed by atoms with Gasteiger partial charge in [0.25, 0.3) is 0 Å². The molecule has 0 saturated carbocycles. The Morgan fingerprint density at radius 3 is 2.52 bits per heavy atom. The number of nitrogens with one attached hydrogen (secondary N) is 1. The average Bonchev–Trinajstić information content (AvgIpc) is 2.59. The van der Waals surface area contributed by atoms with Crippen molar-refractivity contribution in [2.75, 3.05) is 26.6 Å². The topological polar surface area (TPSA) is 78.1 Å². The predicted octanol–water partition coefficient (Wildman–Crippen LogP) is 2.64. The third-order valence-corrected chi connectivity index (χ3v) is 3.25. The molecular formula is C17H21N3O3. The summed E-state index contributed by atoms with van der Waals surface area (Å²) in [5.74, 6) is 2.38. The summed E-state index contributed by atoms with van der Waals surface area (Å²) >= 11 is 0. The predicted molar refractivity (Wildman–Crippen MR) is 91.5 cm³/mol. The van der Waals surface area contributed by atoms with Gasteiger partial charge in [-0.05, 0) is 18.2 Å². The highest BCUT2D eigenvalue weighted by atomic mass is 16.5. The molecule has 2 rings (SSSR count). The second-order valence-electron chi connectivity index (χ2n) is 4.71. The van der Waals surface area contributed by atoms with Gasteiger partial charge >= 0.3 is 0 Å². The number of ether oxygens (including phenoxy) is 3. The summed E-state index contributed by atoms with van der Waals surface area (Å²) in [6.45, 7) is 0.378. The van der Waals surface area contributed by atoms with E-state index in [-0.39, 0.29) is 0 Å². The van der Waals surface area contributed by atoms with Gasteiger partial charge in [0.1, 0.15) is 5.75 Å². The second-order valence-corrected chi connectivity index (χ2v) is 4.71. The molecule has 6 heteroatoms. The molecule has 2 aromatic carbocycles. The standard InChI is InChI=1S/C17H21N3O3/c1-21-14-8-5-7-13(10-14)20-17(18)19-11-12-6-4-9-15(22-2)16(12)23-3/h4-10H,11H2,1-3H3,(H3,18,19,20). The zero-order chi connectivity index (χ0) is 16.7. The molecule has 122 valence electrons. The first-order chi connectivity index (χ1) is 11.2. The maximum absolute atomic E-state index is 5.93. The highest BCUT2D eigenvalue weighted by Gasteiger charge is 2.08. The number of aliphatic imine (C=N–C) groups is 1. The third-order valence-electron chi connectivity index (χ3n) is 3.25. The fraction of sp³-hybridized carbons (Fsp3) is 0.235. The van der Waals surface area contributed by atoms with E-state index < -0.39 is 0 Å². The number of benzene rings is 2. The Kier molecular flexibility index (Phi) is 5.68. The molecule has 6 nitrogen and oxygen atoms in total. The Bertz CT molecular complexity index is 687. The SMILES string of the molecule is COc1cccc(NC(N)=NCc2cccc(OC)c2OC)c1. The Balaban J connectivity index is 2.10. The summed E-state index contributed by atoms with van der Waals surface area (Å²) in [6.07, 6.45) is 0. The van der Waals surface area contributed by atoms with Gasteiger partial charge in [-0.15, -0.1) is 0 Å². The van der Waals surface area contributed by atoms with Crippen molar-refractivity contribution in [3.63, 3.8) is 0 Å². The van der Waals surface area contributed by atoms with Crippen molar-refractivity contribution >= 4 is 11.6 Å². The van der Waals surface area contributed by atoms with Crippen molar-refractivity contribution < 1.29 is 14.2 Å². The van der Waals surface area contributed by atoms with E-state index in [0.29, 0.717) is 24.0 Å². The molecule has 3 N–H and O–H groups in total. The molecule has 0 saturated heterocycles. The molecule has 0 fully saturated rings. The average molecular weight is 315 g/mol. The summed E-state index contributed by atoms with van der Waals surface area (Å²) in [5, 5.41) is 3.03. The molecule has 2 aromatic rings. The van der Waals surface area contributed by atoms with Crippen LogP contribution < -0.4 is 25.3 Å². The Morgan fingerprint density at radius 2 is 1.83 bits per heavy atom. The van der Waals surface area contributed by atoms with E-state index in [0.717, 1.165) is 17.0 Å². The number of nitrogens with zero attached hydrogens (tertiary/aromatic N) is 1. The Hall–Kier alpha value is -2.89. The first-order valence-corrected chi connectivity index (χ1v) is 7.08. The zero-order valence-corrected chi connectivity index (χ0v) is 13.5. The fourth-order valence-electron chi connectivity index (χ4n) is 2.14. The van der Waals surface area contributed by atoms with E-state index in [1.807, 2.05) is 42.5 Å². The van der Waals surface area contributed by atoms with Crippen molar-refractivity contribution in [2.24, 2.45) is 10.7 Å². The van der Waals surface area contributed by atoms with Gasteiger partial charge in [0.15, 0.2) is 17.5 Å². The van der Waals surface area contributed by atoms with Crippen LogP contribution in [0.1, 0.15) is 5.56 Å². The lowest BCUT2D eigenvalue weighted by molar-refractivity contribution is 0.352. The first-order valence-electron chi connectivity index (χ1n) is 7.08. The van der Waals surface area contributed by atoms with Crippen LogP contribution in [0.3, 0.4) is 0 Å². The van der Waals surface area contributed by atoms with Crippen LogP contribution in [0.2, 0.25) is 0 Å². The molecule has 0 heterocycles. The second kappa shape index (κ2) is 7.93. The highest BCUT2D eigenvalue weighted by Crippen LogP contribution is 2.31. The molecule has 0 aromatic heterocycles. The highest BCUT2D eigenvalue weighted by molar-refractivity contribution is 5.92. The molecule has 0 bridgehead atoms. The zero-order valence-electron chi connectivity index (χ0n) is 13.5. The number of hydrogen-bond donors (Lipinski definition) is 2. The number of anilines is 1. The van der Waals surface area contributed by atoms with Gasteiger partial charge in [-0.1, -0.05) is 18.2 Å². The van der Waals surface area contributed by atoms with Crippen LogP contribution in [0.4, 0.5) is 5.69 Å². The van der Waals surface area contributed by atoms with Crippen LogP contribution in [0.5, 0.6) is 17.2 Å². The third kappa shape index (κ3) is 4.29. The first kappa shape index (κ1) is 16.5. The van der Waals surface area contributed by atoms with Crippen LogP contribution in [-0.2, 0) is 6.54 Å². The summed E-state index contributed by atoms with van der Waals surface area (Å²) in [4.78, 5) is 4.34. The van der Waals surface area contributed by atoms with E-state index in [1.54, 1.807) is 21.3 Å². The quantitative estimate of drug-likeness (QED) is 0.633. The smallest absolute Gasteiger partial charge is 0.193 e. The maximum atomic E-state index is 5.93. The van der Waals surface area contributed by atoms with Crippen LogP contribution in [0.15, 0.2) is 47.5 Å². The number of nitrogens with two attached hydrogens (primary N) is 1. The number of hydrogen-bond acceptors (Lipinski definition) is 4. The van der Waals surface area contributed by atoms with Gasteiger partial charge in [-0.2, -0.15) is 0 Å². The Labute approximate surface area is 135 Å². The molecule has 23 heavy (non-hydrogen) atoms. The van der Waals surface area contributed by atoms with Gasteiger partial charge in [0, 0.05) is 17.3 Å². The number of guanidine groups is 1. The van der Waals surface area contributed by atoms with E-state index in [9.17, 15) is 0 Å². The summed E-state index contributed by atoms with van der Waals surface area (Å²) in [7, 11) is 4.82. The molecule has 0 aliphatic rings. The summed E-state index contributed by atoms with van der Waals surface area (Å²) in [6, 6.07) is 13.1. The largest absolute Gasteiger partial charge is 0.497 e. The normalized spacial score (nSPS) is 11.0. The van der Waals surface area contributed by atoms with E-state index >= 15 is 0 Å². The minimum Gasteiger partial charge on any atom is -0.497 e. The lowest BCUT2D eigenvalue weighted by atomic mass is 10.2. The summed E-state index contributed by atoms with van der Waals surface area (Å²) < 4.78 is 15.8. The maximum Gasteiger partial charge on any atom is 0.193 e. The summed E-state index contributed by atoms with van der Waals surface area (Å²) in [5.41, 5.74) is 7.63. The molecule has 0 amide bonds. The molecule has 0 unspecified atom stereocenters. The van der Waals surface area contributed by atoms with E-state index in [2.05, 4.69) is 10.3 Å². The van der Waals surface area contributed by atoms with Gasteiger partial charge in [-0.3, -0.25) is 0 Å². The van der Waals surface area contributed by atoms with Crippen LogP contribution in [-0.4, -0.2) is 27.3 Å². The van der Waals surface area contributed by atoms with Crippen LogP contribution >= 0.6 is 0 Å². The van der Waals surface area contributed by atoms with Crippen LogP contribution in [0.25, 0.3) is 0 Å². The van der Waals surface area contributed by atoms with Crippen molar-refractivity contribution in [3.8, 4) is 17.2 Å². The fourth-order valence-corrected chi connectivity index (χ4v) is 2.14. The number of rotatable bonds is 6. The number of methoxy groups -OCH3 is 3. The monoisotopic (exact) mass is 315 g/mol. The van der Waals surface area contributed by atoms with E-state index in [1.165, 1.54) is 0 Å². The molecule has 0 atom stereocenters. The van der Waals surface area contributed by atoms with Crippen molar-refractivity contribution in [2.45, 2.75) is 6.54 Å². The molecule has 0 spiro atoms. The van der Waals surface area contributed by atoms with Crippen molar-refractivity contribution in [1.82, 2.24) is 0 Å². The molecular weight excluding hydrogens is 294 g/mol. The van der Waals surface area contributed by atoms with E-state index in [4.69, 9.17) is 19.9 Å². The molecule has 0 aliphatic heterocycles. The molecule has 0 radical (unpaired) electrons. The number of para-hydroxylation sites is 1.